The number of carbonyl (C=O) groups is 1. The van der Waals surface area contributed by atoms with E-state index < -0.39 is 6.10 Å². The number of hydrogen-bond acceptors (Lipinski definition) is 11. The molecule has 2 aliphatic rings. The first-order valence-electron chi connectivity index (χ1n) is 13.5. The highest BCUT2D eigenvalue weighted by molar-refractivity contribution is 5.95. The van der Waals surface area contributed by atoms with E-state index in [1.165, 1.54) is 17.5 Å². The minimum atomic E-state index is -0.607. The van der Waals surface area contributed by atoms with Gasteiger partial charge in [-0.1, -0.05) is 6.07 Å². The molecule has 1 fully saturated rings. The Balaban J connectivity index is 1.12. The van der Waals surface area contributed by atoms with E-state index in [4.69, 9.17) is 13.9 Å². The minimum Gasteiger partial charge on any atom is -0.486 e. The van der Waals surface area contributed by atoms with Crippen molar-refractivity contribution in [3.63, 3.8) is 0 Å². The van der Waals surface area contributed by atoms with Crippen LogP contribution in [0.4, 0.5) is 11.8 Å². The number of Topliss-reactive ketones (excluding diaryl/α,β-unsaturated/α-hetero) is 1. The van der Waals surface area contributed by atoms with Gasteiger partial charge in [0.1, 0.15) is 23.9 Å². The molecule has 1 atom stereocenters. The Morgan fingerprint density at radius 2 is 2.15 bits per heavy atom. The number of aliphatic hydroxyl groups is 1. The van der Waals surface area contributed by atoms with E-state index in [0.717, 1.165) is 31.8 Å². The van der Waals surface area contributed by atoms with Crippen LogP contribution in [0.1, 0.15) is 47.1 Å². The average Bonchev–Trinajstić information content (AvgIpc) is 3.45. The van der Waals surface area contributed by atoms with Gasteiger partial charge in [0.2, 0.25) is 5.95 Å². The zero-order valence-electron chi connectivity index (χ0n) is 22.5. The van der Waals surface area contributed by atoms with Gasteiger partial charge in [-0.15, -0.1) is 0 Å². The monoisotopic (exact) mass is 536 g/mol. The second-order valence-corrected chi connectivity index (χ2v) is 10.1. The third-order valence-corrected chi connectivity index (χ3v) is 7.11. The van der Waals surface area contributed by atoms with Gasteiger partial charge in [0.25, 0.3) is 0 Å². The molecule has 208 valence electrons. The predicted octanol–water partition coefficient (Wildman–Crippen LogP) is 2.69. The van der Waals surface area contributed by atoms with E-state index in [9.17, 15) is 9.90 Å². The molecule has 0 radical (unpaired) electrons. The number of hydrogen-bond donors (Lipinski definition) is 2. The lowest BCUT2D eigenvalue weighted by atomic mass is 9.98. The fourth-order valence-corrected chi connectivity index (χ4v) is 4.61. The van der Waals surface area contributed by atoms with Crippen LogP contribution in [0.5, 0.6) is 5.75 Å². The largest absolute Gasteiger partial charge is 0.486 e. The molecule has 4 heterocycles. The number of oxazole rings is 1. The van der Waals surface area contributed by atoms with Gasteiger partial charge in [0, 0.05) is 45.7 Å². The first-order valence-corrected chi connectivity index (χ1v) is 13.5. The Hall–Kier alpha value is -3.54. The molecule has 0 amide bonds. The maximum absolute atomic E-state index is 13.0. The van der Waals surface area contributed by atoms with Crippen LogP contribution < -0.4 is 15.0 Å². The van der Waals surface area contributed by atoms with Crippen LogP contribution in [0.3, 0.4) is 0 Å². The van der Waals surface area contributed by atoms with Gasteiger partial charge in [0.05, 0.1) is 31.6 Å². The van der Waals surface area contributed by atoms with Crippen molar-refractivity contribution in [2.24, 2.45) is 0 Å². The zero-order valence-corrected chi connectivity index (χ0v) is 22.5. The zero-order chi connectivity index (χ0) is 27.2. The molecule has 0 bridgehead atoms. The summed E-state index contributed by atoms with van der Waals surface area (Å²) < 4.78 is 16.3. The first kappa shape index (κ1) is 27.0. The molecule has 2 N–H and O–H groups in total. The number of aromatic nitrogens is 3. The minimum absolute atomic E-state index is 0.100. The SMILES string of the molecule is CCN(C)c1nc(NC2COC2)cc(C(=O)CC[C@H](O)CN2CCc3cc(OCc4cnco4)ccc3C2)n1. The molecule has 0 unspecified atom stereocenters. The predicted molar refractivity (Wildman–Crippen MR) is 145 cm³/mol. The normalized spacial score (nSPS) is 16.3. The summed E-state index contributed by atoms with van der Waals surface area (Å²) in [6, 6.07) is 8.00. The number of nitrogens with zero attached hydrogens (tertiary/aromatic N) is 5. The smallest absolute Gasteiger partial charge is 0.227 e. The Labute approximate surface area is 228 Å². The maximum atomic E-state index is 13.0. The summed E-state index contributed by atoms with van der Waals surface area (Å²) in [6.07, 6.45) is 3.89. The molecule has 0 aliphatic carbocycles. The molecule has 11 nitrogen and oxygen atoms in total. The van der Waals surface area contributed by atoms with Gasteiger partial charge < -0.3 is 29.2 Å². The Morgan fingerprint density at radius 1 is 1.28 bits per heavy atom. The number of fused-ring (bicyclic) bond motifs is 1. The molecule has 1 aromatic carbocycles. The number of ketones is 1. The highest BCUT2D eigenvalue weighted by Gasteiger charge is 2.23. The summed E-state index contributed by atoms with van der Waals surface area (Å²) in [6.45, 7) is 6.42. The van der Waals surface area contributed by atoms with Gasteiger partial charge in [0.15, 0.2) is 17.9 Å². The molecule has 5 rings (SSSR count). The van der Waals surface area contributed by atoms with Crippen LogP contribution in [0.2, 0.25) is 0 Å². The van der Waals surface area contributed by atoms with Crippen LogP contribution in [0, 0.1) is 0 Å². The fourth-order valence-electron chi connectivity index (χ4n) is 4.61. The van der Waals surface area contributed by atoms with Crippen LogP contribution in [-0.2, 0) is 24.3 Å². The summed E-state index contributed by atoms with van der Waals surface area (Å²) in [5, 5.41) is 14.1. The van der Waals surface area contributed by atoms with Crippen LogP contribution >= 0.6 is 0 Å². The number of nitrogens with one attached hydrogen (secondary N) is 1. The van der Waals surface area contributed by atoms with Crippen molar-refractivity contribution in [2.45, 2.75) is 51.5 Å². The van der Waals surface area contributed by atoms with Crippen LogP contribution in [0.25, 0.3) is 0 Å². The quantitative estimate of drug-likeness (QED) is 0.313. The van der Waals surface area contributed by atoms with Crippen molar-refractivity contribution in [2.75, 3.05) is 50.1 Å². The average molecular weight is 537 g/mol. The summed E-state index contributed by atoms with van der Waals surface area (Å²) in [4.78, 5) is 30.1. The van der Waals surface area contributed by atoms with Crippen molar-refractivity contribution in [1.82, 2.24) is 19.9 Å². The molecule has 1 saturated heterocycles. The fraction of sp³-hybridized carbons (Fsp3) is 0.500. The van der Waals surface area contributed by atoms with Crippen molar-refractivity contribution in [3.05, 3.63) is 59.4 Å². The summed E-state index contributed by atoms with van der Waals surface area (Å²) in [5.41, 5.74) is 2.84. The van der Waals surface area contributed by atoms with E-state index in [1.807, 2.05) is 24.9 Å². The molecule has 11 heteroatoms. The molecular weight excluding hydrogens is 500 g/mol. The topological polar surface area (TPSA) is 126 Å². The maximum Gasteiger partial charge on any atom is 0.227 e. The molecule has 2 aliphatic heterocycles. The Morgan fingerprint density at radius 3 is 2.90 bits per heavy atom. The first-order chi connectivity index (χ1) is 19.0. The number of ether oxygens (including phenoxy) is 2. The van der Waals surface area contributed by atoms with E-state index in [-0.39, 0.29) is 18.2 Å². The van der Waals surface area contributed by atoms with Crippen molar-refractivity contribution >= 4 is 17.5 Å². The lowest BCUT2D eigenvalue weighted by Gasteiger charge is -2.30. The summed E-state index contributed by atoms with van der Waals surface area (Å²) >= 11 is 0. The van der Waals surface area contributed by atoms with Gasteiger partial charge in [-0.2, -0.15) is 4.98 Å². The lowest BCUT2D eigenvalue weighted by molar-refractivity contribution is 0.0209. The van der Waals surface area contributed by atoms with Gasteiger partial charge in [-0.25, -0.2) is 9.97 Å². The number of carbonyl (C=O) groups excluding carboxylic acids is 1. The number of rotatable bonds is 13. The second-order valence-electron chi connectivity index (χ2n) is 10.1. The number of aliphatic hydroxyl groups excluding tert-OH is 1. The van der Waals surface area contributed by atoms with Gasteiger partial charge in [-0.3, -0.25) is 9.69 Å². The molecule has 0 saturated carbocycles. The van der Waals surface area contributed by atoms with Gasteiger partial charge in [-0.05, 0) is 43.0 Å². The molecule has 2 aromatic heterocycles. The third-order valence-electron chi connectivity index (χ3n) is 7.11. The lowest BCUT2D eigenvalue weighted by Crippen LogP contribution is -2.40. The number of anilines is 2. The molecule has 3 aromatic rings. The van der Waals surface area contributed by atoms with E-state index in [2.05, 4.69) is 37.3 Å². The Kier molecular flexibility index (Phi) is 8.70. The van der Waals surface area contributed by atoms with E-state index >= 15 is 0 Å². The van der Waals surface area contributed by atoms with Crippen LogP contribution in [-0.4, -0.2) is 82.8 Å². The van der Waals surface area contributed by atoms with Crippen LogP contribution in [0.15, 0.2) is 41.3 Å². The van der Waals surface area contributed by atoms with Crippen molar-refractivity contribution < 1.29 is 23.8 Å². The second kappa shape index (κ2) is 12.5. The molecular formula is C28H36N6O5. The highest BCUT2D eigenvalue weighted by atomic mass is 16.5. The molecule has 39 heavy (non-hydrogen) atoms. The number of benzene rings is 1. The highest BCUT2D eigenvalue weighted by Crippen LogP contribution is 2.25. The summed E-state index contributed by atoms with van der Waals surface area (Å²) in [5.74, 6) is 2.51. The number of β-amino-alcohol motifs (C(OH)–C–C–N with tert-alkyl or cyclic N) is 1. The Bertz CT molecular complexity index is 1250. The van der Waals surface area contributed by atoms with E-state index in [0.29, 0.717) is 56.0 Å². The van der Waals surface area contributed by atoms with Crippen molar-refractivity contribution in [3.8, 4) is 5.75 Å². The van der Waals surface area contributed by atoms with E-state index in [1.54, 1.807) is 12.3 Å². The molecule has 0 spiro atoms. The third kappa shape index (κ3) is 7.11. The standard InChI is InChI=1S/C28H36N6O5/c1-3-33(2)28-31-25(11-27(32-28)30-21-15-37-16-21)26(36)7-5-22(35)14-34-9-8-19-10-23(6-4-20(19)13-34)38-17-24-12-29-18-39-24/h4,6,10-12,18,21-22,35H,3,5,7-9,13-17H2,1-2H3,(H,30,31,32)/t22-/m0/s1. The summed E-state index contributed by atoms with van der Waals surface area (Å²) in [7, 11) is 1.90. The van der Waals surface area contributed by atoms with Gasteiger partial charge >= 0.3 is 0 Å². The van der Waals surface area contributed by atoms with Crippen molar-refractivity contribution in [1.29, 1.82) is 0 Å².